The second kappa shape index (κ2) is 3.19. The van der Waals surface area contributed by atoms with Gasteiger partial charge in [-0.3, -0.25) is 0 Å². The van der Waals surface area contributed by atoms with Crippen molar-refractivity contribution in [2.75, 3.05) is 0 Å². The predicted molar refractivity (Wildman–Crippen MR) is 46.7 cm³/mol. The quantitative estimate of drug-likeness (QED) is 0.709. The van der Waals surface area contributed by atoms with E-state index >= 15 is 0 Å². The minimum atomic E-state index is -0.426. The molecule has 0 amide bonds. The van der Waals surface area contributed by atoms with Crippen molar-refractivity contribution in [2.24, 2.45) is 0 Å². The lowest BCUT2D eigenvalue weighted by molar-refractivity contribution is 0.388. The van der Waals surface area contributed by atoms with Crippen molar-refractivity contribution >= 4 is 11.6 Å². The Bertz CT molecular complexity index is 299. The van der Waals surface area contributed by atoms with Crippen LogP contribution in [0.15, 0.2) is 6.20 Å². The number of halogens is 1. The number of rotatable bonds is 1. The molecule has 1 aromatic rings. The highest BCUT2D eigenvalue weighted by atomic mass is 35.5. The lowest BCUT2D eigenvalue weighted by Gasteiger charge is -2.08. The zero-order chi connectivity index (χ0) is 9.30. The SMILES string of the molecule is CC(C)c1cnc(O)c(O)c1Cl. The fraction of sp³-hybridized carbons (Fsp3) is 0.375. The normalized spacial score (nSPS) is 10.7. The van der Waals surface area contributed by atoms with E-state index in [-0.39, 0.29) is 16.7 Å². The summed E-state index contributed by atoms with van der Waals surface area (Å²) in [7, 11) is 0. The second-order valence-electron chi connectivity index (χ2n) is 2.85. The minimum Gasteiger partial charge on any atom is -0.502 e. The van der Waals surface area contributed by atoms with Crippen LogP contribution in [0.5, 0.6) is 11.6 Å². The number of aromatic nitrogens is 1. The molecule has 0 unspecified atom stereocenters. The van der Waals surface area contributed by atoms with Gasteiger partial charge in [-0.25, -0.2) is 4.98 Å². The van der Waals surface area contributed by atoms with Gasteiger partial charge in [-0.05, 0) is 11.5 Å². The van der Waals surface area contributed by atoms with Crippen LogP contribution in [-0.4, -0.2) is 15.2 Å². The first-order valence-electron chi connectivity index (χ1n) is 3.60. The maximum Gasteiger partial charge on any atom is 0.255 e. The van der Waals surface area contributed by atoms with Crippen LogP contribution < -0.4 is 0 Å². The number of hydrogen-bond acceptors (Lipinski definition) is 3. The number of pyridine rings is 1. The molecule has 0 radical (unpaired) electrons. The van der Waals surface area contributed by atoms with Crippen molar-refractivity contribution < 1.29 is 10.2 Å². The van der Waals surface area contributed by atoms with E-state index in [1.54, 1.807) is 0 Å². The van der Waals surface area contributed by atoms with Gasteiger partial charge >= 0.3 is 0 Å². The average Bonchev–Trinajstić information content (AvgIpc) is 2.00. The molecular formula is C8H10ClNO2. The number of aromatic hydroxyl groups is 2. The van der Waals surface area contributed by atoms with Crippen molar-refractivity contribution in [3.05, 3.63) is 16.8 Å². The maximum atomic E-state index is 9.19. The summed E-state index contributed by atoms with van der Waals surface area (Å²) in [6, 6.07) is 0. The maximum absolute atomic E-state index is 9.19. The molecule has 0 saturated carbocycles. The van der Waals surface area contributed by atoms with Crippen molar-refractivity contribution in [3.8, 4) is 11.6 Å². The van der Waals surface area contributed by atoms with Crippen LogP contribution >= 0.6 is 11.6 Å². The molecule has 0 saturated heterocycles. The molecule has 12 heavy (non-hydrogen) atoms. The van der Waals surface area contributed by atoms with Crippen LogP contribution in [0, 0.1) is 0 Å². The summed E-state index contributed by atoms with van der Waals surface area (Å²) in [4.78, 5) is 3.58. The highest BCUT2D eigenvalue weighted by molar-refractivity contribution is 6.33. The summed E-state index contributed by atoms with van der Waals surface area (Å²) in [5.74, 6) is -0.594. The van der Waals surface area contributed by atoms with Crippen molar-refractivity contribution in [3.63, 3.8) is 0 Å². The van der Waals surface area contributed by atoms with Crippen molar-refractivity contribution in [1.82, 2.24) is 4.98 Å². The fourth-order valence-corrected chi connectivity index (χ4v) is 1.24. The summed E-state index contributed by atoms with van der Waals surface area (Å²) in [6.45, 7) is 3.86. The minimum absolute atomic E-state index is 0.177. The number of nitrogens with zero attached hydrogens (tertiary/aromatic N) is 1. The fourth-order valence-electron chi connectivity index (χ4n) is 0.886. The lowest BCUT2D eigenvalue weighted by Crippen LogP contribution is -1.91. The van der Waals surface area contributed by atoms with E-state index in [0.29, 0.717) is 0 Å². The molecule has 0 atom stereocenters. The Morgan fingerprint density at radius 3 is 2.50 bits per heavy atom. The van der Waals surface area contributed by atoms with Crippen LogP contribution in [0.3, 0.4) is 0 Å². The van der Waals surface area contributed by atoms with Crippen molar-refractivity contribution in [2.45, 2.75) is 19.8 Å². The molecule has 0 aliphatic heterocycles. The van der Waals surface area contributed by atoms with Gasteiger partial charge in [-0.2, -0.15) is 0 Å². The molecular weight excluding hydrogens is 178 g/mol. The predicted octanol–water partition coefficient (Wildman–Crippen LogP) is 2.27. The molecule has 1 rings (SSSR count). The second-order valence-corrected chi connectivity index (χ2v) is 3.23. The molecule has 0 bridgehead atoms. The zero-order valence-corrected chi connectivity index (χ0v) is 7.63. The lowest BCUT2D eigenvalue weighted by atomic mass is 10.1. The van der Waals surface area contributed by atoms with E-state index in [4.69, 9.17) is 16.7 Å². The monoisotopic (exact) mass is 187 g/mol. The molecule has 1 heterocycles. The Hall–Kier alpha value is -0.960. The van der Waals surface area contributed by atoms with Crippen LogP contribution in [0.1, 0.15) is 25.3 Å². The Morgan fingerprint density at radius 2 is 2.00 bits per heavy atom. The average molecular weight is 188 g/mol. The Morgan fingerprint density at radius 1 is 1.42 bits per heavy atom. The molecule has 2 N–H and O–H groups in total. The molecule has 1 aromatic heterocycles. The Kier molecular flexibility index (Phi) is 2.43. The Balaban J connectivity index is 3.27. The Labute approximate surface area is 75.6 Å². The highest BCUT2D eigenvalue weighted by Gasteiger charge is 2.13. The zero-order valence-electron chi connectivity index (χ0n) is 6.87. The van der Waals surface area contributed by atoms with Crippen LogP contribution in [-0.2, 0) is 0 Å². The first-order valence-corrected chi connectivity index (χ1v) is 3.98. The molecule has 66 valence electrons. The molecule has 0 aliphatic rings. The molecule has 0 spiro atoms. The van der Waals surface area contributed by atoms with E-state index in [2.05, 4.69) is 4.98 Å². The summed E-state index contributed by atoms with van der Waals surface area (Å²) >= 11 is 5.74. The van der Waals surface area contributed by atoms with Gasteiger partial charge in [0.25, 0.3) is 5.88 Å². The van der Waals surface area contributed by atoms with Crippen molar-refractivity contribution in [1.29, 1.82) is 0 Å². The topological polar surface area (TPSA) is 53.4 Å². The standard InChI is InChI=1S/C8H10ClNO2/c1-4(2)5-3-10-8(12)7(11)6(5)9/h3-4,11H,1-2H3,(H,10,12). The van der Waals surface area contributed by atoms with E-state index < -0.39 is 5.88 Å². The van der Waals surface area contributed by atoms with Crippen LogP contribution in [0.2, 0.25) is 5.02 Å². The molecule has 0 aromatic carbocycles. The molecule has 3 nitrogen and oxygen atoms in total. The van der Waals surface area contributed by atoms with E-state index in [0.717, 1.165) is 5.56 Å². The number of hydrogen-bond donors (Lipinski definition) is 2. The van der Waals surface area contributed by atoms with E-state index in [9.17, 15) is 5.11 Å². The summed E-state index contributed by atoms with van der Waals surface area (Å²) in [6.07, 6.45) is 1.46. The highest BCUT2D eigenvalue weighted by Crippen LogP contribution is 2.36. The van der Waals surface area contributed by atoms with Gasteiger partial charge in [0.2, 0.25) is 0 Å². The van der Waals surface area contributed by atoms with E-state index in [1.165, 1.54) is 6.20 Å². The van der Waals surface area contributed by atoms with Gasteiger partial charge in [-0.1, -0.05) is 25.4 Å². The summed E-state index contributed by atoms with van der Waals surface area (Å²) in [5.41, 5.74) is 0.729. The molecule has 0 fully saturated rings. The van der Waals surface area contributed by atoms with Gasteiger partial charge in [-0.15, -0.1) is 0 Å². The summed E-state index contributed by atoms with van der Waals surface area (Å²) in [5, 5.41) is 18.3. The third kappa shape index (κ3) is 1.46. The molecule has 4 heteroatoms. The third-order valence-corrected chi connectivity index (χ3v) is 2.02. The largest absolute Gasteiger partial charge is 0.502 e. The summed E-state index contributed by atoms with van der Waals surface area (Å²) < 4.78 is 0. The molecule has 0 aliphatic carbocycles. The van der Waals surface area contributed by atoms with Gasteiger partial charge < -0.3 is 10.2 Å². The smallest absolute Gasteiger partial charge is 0.255 e. The third-order valence-electron chi connectivity index (χ3n) is 1.62. The van der Waals surface area contributed by atoms with Crippen LogP contribution in [0.25, 0.3) is 0 Å². The first kappa shape index (κ1) is 9.13. The van der Waals surface area contributed by atoms with Gasteiger partial charge in [0, 0.05) is 6.20 Å². The van der Waals surface area contributed by atoms with E-state index in [1.807, 2.05) is 13.8 Å². The van der Waals surface area contributed by atoms with Gasteiger partial charge in [0.1, 0.15) is 0 Å². The first-order chi connectivity index (χ1) is 5.54. The van der Waals surface area contributed by atoms with Crippen LogP contribution in [0.4, 0.5) is 0 Å². The van der Waals surface area contributed by atoms with Gasteiger partial charge in [0.05, 0.1) is 5.02 Å². The van der Waals surface area contributed by atoms with Gasteiger partial charge in [0.15, 0.2) is 5.75 Å².